The van der Waals surface area contributed by atoms with Crippen LogP contribution in [0, 0.1) is 0 Å². The molecule has 2 heterocycles. The normalized spacial score (nSPS) is 17.0. The SMILES string of the molecule is C[C@@H](NC(=O)COC(=O)[C@@H]1COc2ccccc2O1)c1cccs1. The molecule has 3 rings (SSSR count). The highest BCUT2D eigenvalue weighted by molar-refractivity contribution is 7.10. The number of nitrogens with one attached hydrogen (secondary N) is 1. The van der Waals surface area contributed by atoms with E-state index in [1.807, 2.05) is 30.5 Å². The summed E-state index contributed by atoms with van der Waals surface area (Å²) < 4.78 is 16.0. The summed E-state index contributed by atoms with van der Waals surface area (Å²) in [4.78, 5) is 24.9. The van der Waals surface area contributed by atoms with Crippen molar-refractivity contribution < 1.29 is 23.8 Å². The third-order valence-electron chi connectivity index (χ3n) is 3.46. The van der Waals surface area contributed by atoms with Gasteiger partial charge in [-0.1, -0.05) is 18.2 Å². The van der Waals surface area contributed by atoms with Crippen molar-refractivity contribution in [2.45, 2.75) is 19.1 Å². The summed E-state index contributed by atoms with van der Waals surface area (Å²) in [5.74, 6) is 0.0929. The number of carbonyl (C=O) groups is 2. The van der Waals surface area contributed by atoms with Gasteiger partial charge in [0.2, 0.25) is 6.10 Å². The van der Waals surface area contributed by atoms with Gasteiger partial charge in [-0.25, -0.2) is 4.79 Å². The van der Waals surface area contributed by atoms with Gasteiger partial charge in [0.25, 0.3) is 5.91 Å². The molecule has 2 atom stereocenters. The van der Waals surface area contributed by atoms with E-state index in [4.69, 9.17) is 14.2 Å². The molecule has 1 aromatic carbocycles. The molecule has 0 saturated carbocycles. The van der Waals surface area contributed by atoms with Gasteiger partial charge in [-0.2, -0.15) is 0 Å². The number of para-hydroxylation sites is 2. The largest absolute Gasteiger partial charge is 0.485 e. The van der Waals surface area contributed by atoms with E-state index in [1.165, 1.54) is 0 Å². The summed E-state index contributed by atoms with van der Waals surface area (Å²) in [7, 11) is 0. The van der Waals surface area contributed by atoms with Crippen LogP contribution >= 0.6 is 11.3 Å². The first-order chi connectivity index (χ1) is 11.6. The van der Waals surface area contributed by atoms with Crippen molar-refractivity contribution in [1.29, 1.82) is 0 Å². The fourth-order valence-electron chi connectivity index (χ4n) is 2.26. The number of rotatable bonds is 5. The first-order valence-electron chi connectivity index (χ1n) is 7.51. The lowest BCUT2D eigenvalue weighted by molar-refractivity contribution is -0.157. The molecule has 7 heteroatoms. The van der Waals surface area contributed by atoms with Gasteiger partial charge >= 0.3 is 5.97 Å². The number of hydrogen-bond donors (Lipinski definition) is 1. The molecule has 0 bridgehead atoms. The number of carbonyl (C=O) groups excluding carboxylic acids is 2. The second-order valence-corrected chi connectivity index (χ2v) is 6.26. The molecule has 24 heavy (non-hydrogen) atoms. The maximum atomic E-state index is 12.0. The van der Waals surface area contributed by atoms with Crippen molar-refractivity contribution in [2.24, 2.45) is 0 Å². The van der Waals surface area contributed by atoms with E-state index in [-0.39, 0.29) is 25.2 Å². The number of benzene rings is 1. The smallest absolute Gasteiger partial charge is 0.351 e. The summed E-state index contributed by atoms with van der Waals surface area (Å²) in [5.41, 5.74) is 0. The molecule has 6 nitrogen and oxygen atoms in total. The molecule has 1 N–H and O–H groups in total. The van der Waals surface area contributed by atoms with E-state index in [2.05, 4.69) is 5.32 Å². The molecule has 1 aromatic heterocycles. The summed E-state index contributed by atoms with van der Waals surface area (Å²) >= 11 is 1.55. The molecule has 0 aliphatic carbocycles. The predicted molar refractivity (Wildman–Crippen MR) is 88.2 cm³/mol. The van der Waals surface area contributed by atoms with Gasteiger partial charge in [-0.05, 0) is 30.5 Å². The quantitative estimate of drug-likeness (QED) is 0.840. The molecule has 2 aromatic rings. The summed E-state index contributed by atoms with van der Waals surface area (Å²) in [6.07, 6.45) is -0.873. The minimum Gasteiger partial charge on any atom is -0.485 e. The van der Waals surface area contributed by atoms with Gasteiger partial charge in [0.1, 0.15) is 6.61 Å². The Hall–Kier alpha value is -2.54. The Balaban J connectivity index is 1.47. The van der Waals surface area contributed by atoms with Crippen LogP contribution in [0.5, 0.6) is 11.5 Å². The summed E-state index contributed by atoms with van der Waals surface area (Å²) in [6.45, 7) is 1.58. The van der Waals surface area contributed by atoms with Gasteiger partial charge in [0.05, 0.1) is 6.04 Å². The third kappa shape index (κ3) is 3.86. The molecule has 0 unspecified atom stereocenters. The minimum atomic E-state index is -0.873. The van der Waals surface area contributed by atoms with Gasteiger partial charge in [-0.3, -0.25) is 4.79 Å². The van der Waals surface area contributed by atoms with Crippen LogP contribution in [0.4, 0.5) is 0 Å². The molecule has 0 fully saturated rings. The highest BCUT2D eigenvalue weighted by Gasteiger charge is 2.29. The molecule has 1 aliphatic rings. The fourth-order valence-corrected chi connectivity index (χ4v) is 2.99. The van der Waals surface area contributed by atoms with Crippen molar-refractivity contribution in [3.8, 4) is 11.5 Å². The Labute approximate surface area is 143 Å². The number of ether oxygens (including phenoxy) is 3. The number of thiophene rings is 1. The monoisotopic (exact) mass is 347 g/mol. The zero-order valence-corrected chi connectivity index (χ0v) is 13.9. The van der Waals surface area contributed by atoms with Crippen LogP contribution < -0.4 is 14.8 Å². The van der Waals surface area contributed by atoms with Crippen LogP contribution in [-0.4, -0.2) is 31.2 Å². The van der Waals surface area contributed by atoms with Crippen molar-refractivity contribution in [3.63, 3.8) is 0 Å². The first kappa shape index (κ1) is 16.3. The summed E-state index contributed by atoms with van der Waals surface area (Å²) in [6, 6.07) is 10.8. The van der Waals surface area contributed by atoms with Crippen molar-refractivity contribution >= 4 is 23.2 Å². The van der Waals surface area contributed by atoms with Gasteiger partial charge in [0, 0.05) is 4.88 Å². The van der Waals surface area contributed by atoms with E-state index in [9.17, 15) is 9.59 Å². The van der Waals surface area contributed by atoms with Crippen molar-refractivity contribution in [3.05, 3.63) is 46.7 Å². The molecule has 0 radical (unpaired) electrons. The lowest BCUT2D eigenvalue weighted by atomic mass is 10.2. The molecule has 1 aliphatic heterocycles. The van der Waals surface area contributed by atoms with Gasteiger partial charge in [0.15, 0.2) is 18.1 Å². The number of amides is 1. The van der Waals surface area contributed by atoms with Crippen LogP contribution in [-0.2, 0) is 14.3 Å². The van der Waals surface area contributed by atoms with Crippen LogP contribution in [0.15, 0.2) is 41.8 Å². The van der Waals surface area contributed by atoms with E-state index in [1.54, 1.807) is 29.5 Å². The average Bonchev–Trinajstić information content (AvgIpc) is 3.14. The minimum absolute atomic E-state index is 0.0586. The summed E-state index contributed by atoms with van der Waals surface area (Å²) in [5, 5.41) is 4.72. The lowest BCUT2D eigenvalue weighted by Gasteiger charge is -2.24. The number of esters is 1. The number of fused-ring (bicyclic) bond motifs is 1. The van der Waals surface area contributed by atoms with Crippen LogP contribution in [0.1, 0.15) is 17.8 Å². The van der Waals surface area contributed by atoms with Crippen LogP contribution in [0.3, 0.4) is 0 Å². The molecule has 0 saturated heterocycles. The Kier molecular flexibility index (Phi) is 5.00. The second-order valence-electron chi connectivity index (χ2n) is 5.28. The van der Waals surface area contributed by atoms with E-state index >= 15 is 0 Å². The lowest BCUT2D eigenvalue weighted by Crippen LogP contribution is -2.40. The Bertz CT molecular complexity index is 716. The third-order valence-corrected chi connectivity index (χ3v) is 4.52. The molecular weight excluding hydrogens is 330 g/mol. The first-order valence-corrected chi connectivity index (χ1v) is 8.39. The predicted octanol–water partition coefficient (Wildman–Crippen LogP) is 2.31. The molecule has 126 valence electrons. The molecule has 0 spiro atoms. The fraction of sp³-hybridized carbons (Fsp3) is 0.294. The molecular formula is C17H17NO5S. The highest BCUT2D eigenvalue weighted by atomic mass is 32.1. The van der Waals surface area contributed by atoms with E-state index < -0.39 is 12.1 Å². The van der Waals surface area contributed by atoms with Gasteiger partial charge < -0.3 is 19.5 Å². The molecule has 1 amide bonds. The zero-order valence-electron chi connectivity index (χ0n) is 13.1. The average molecular weight is 347 g/mol. The van der Waals surface area contributed by atoms with Crippen molar-refractivity contribution in [2.75, 3.05) is 13.2 Å². The van der Waals surface area contributed by atoms with E-state index in [0.717, 1.165) is 4.88 Å². The van der Waals surface area contributed by atoms with Gasteiger partial charge in [-0.15, -0.1) is 11.3 Å². The standard InChI is InChI=1S/C17H17NO5S/c1-11(15-7-4-8-24-15)18-16(19)10-22-17(20)14-9-21-12-5-2-3-6-13(12)23-14/h2-8,11,14H,9-10H2,1H3,(H,18,19)/t11-,14+/m1/s1. The maximum absolute atomic E-state index is 12.0. The zero-order chi connectivity index (χ0) is 16.9. The Morgan fingerprint density at radius 2 is 2.08 bits per heavy atom. The maximum Gasteiger partial charge on any atom is 0.351 e. The van der Waals surface area contributed by atoms with Crippen molar-refractivity contribution in [1.82, 2.24) is 5.32 Å². The Morgan fingerprint density at radius 3 is 2.83 bits per heavy atom. The topological polar surface area (TPSA) is 73.9 Å². The highest BCUT2D eigenvalue weighted by Crippen LogP contribution is 2.31. The second kappa shape index (κ2) is 7.35. The van der Waals surface area contributed by atoms with Crippen LogP contribution in [0.2, 0.25) is 0 Å². The number of hydrogen-bond acceptors (Lipinski definition) is 6. The van der Waals surface area contributed by atoms with E-state index in [0.29, 0.717) is 11.5 Å². The Morgan fingerprint density at radius 1 is 1.29 bits per heavy atom. The van der Waals surface area contributed by atoms with Crippen LogP contribution in [0.25, 0.3) is 0 Å².